The molecule has 0 aromatic heterocycles. The van der Waals surface area contributed by atoms with Gasteiger partial charge in [0.2, 0.25) is 5.91 Å². The smallest absolute Gasteiger partial charge is 0.221 e. The van der Waals surface area contributed by atoms with E-state index in [0.29, 0.717) is 24.6 Å². The Kier molecular flexibility index (Phi) is 4.47. The highest BCUT2D eigenvalue weighted by Gasteiger charge is 2.22. The summed E-state index contributed by atoms with van der Waals surface area (Å²) in [5.41, 5.74) is 0.668. The highest BCUT2D eigenvalue weighted by Crippen LogP contribution is 2.18. The van der Waals surface area contributed by atoms with Gasteiger partial charge in [-0.15, -0.1) is 0 Å². The van der Waals surface area contributed by atoms with Gasteiger partial charge in [-0.25, -0.2) is 8.78 Å². The molecule has 1 atom stereocenters. The zero-order chi connectivity index (χ0) is 13.8. The average Bonchev–Trinajstić information content (AvgIpc) is 3.16. The van der Waals surface area contributed by atoms with E-state index in [1.54, 1.807) is 6.07 Å². The Hall–Kier alpha value is -1.49. The van der Waals surface area contributed by atoms with Crippen molar-refractivity contribution >= 4 is 5.91 Å². The van der Waals surface area contributed by atoms with Crippen molar-refractivity contribution in [1.82, 2.24) is 10.6 Å². The van der Waals surface area contributed by atoms with Crippen LogP contribution in [0.2, 0.25) is 0 Å². The van der Waals surface area contributed by atoms with E-state index in [4.69, 9.17) is 0 Å². The number of halogens is 2. The molecule has 19 heavy (non-hydrogen) atoms. The summed E-state index contributed by atoms with van der Waals surface area (Å²) in [4.78, 5) is 11.4. The first-order valence-electron chi connectivity index (χ1n) is 6.54. The molecule has 104 valence electrons. The molecule has 0 bridgehead atoms. The van der Waals surface area contributed by atoms with E-state index in [9.17, 15) is 13.6 Å². The van der Waals surface area contributed by atoms with Crippen molar-refractivity contribution in [1.29, 1.82) is 0 Å². The van der Waals surface area contributed by atoms with Gasteiger partial charge in [0, 0.05) is 25.0 Å². The van der Waals surface area contributed by atoms with Crippen LogP contribution in [0.5, 0.6) is 0 Å². The number of rotatable bonds is 6. The van der Waals surface area contributed by atoms with Crippen LogP contribution in [-0.4, -0.2) is 18.5 Å². The topological polar surface area (TPSA) is 41.1 Å². The van der Waals surface area contributed by atoms with E-state index >= 15 is 0 Å². The van der Waals surface area contributed by atoms with E-state index in [2.05, 4.69) is 10.6 Å². The maximum atomic E-state index is 13.1. The SMILES string of the molecule is CC(NCCC(=O)NC1CC1)c1ccc(F)c(F)c1. The quantitative estimate of drug-likeness (QED) is 0.831. The zero-order valence-electron chi connectivity index (χ0n) is 10.9. The summed E-state index contributed by atoms with van der Waals surface area (Å²) in [6.07, 6.45) is 2.54. The van der Waals surface area contributed by atoms with Gasteiger partial charge in [-0.2, -0.15) is 0 Å². The maximum Gasteiger partial charge on any atom is 0.221 e. The first kappa shape index (κ1) is 13.9. The Morgan fingerprint density at radius 3 is 2.74 bits per heavy atom. The summed E-state index contributed by atoms with van der Waals surface area (Å²) in [6.45, 7) is 2.37. The number of nitrogens with one attached hydrogen (secondary N) is 2. The zero-order valence-corrected chi connectivity index (χ0v) is 10.9. The summed E-state index contributed by atoms with van der Waals surface area (Å²) in [7, 11) is 0. The number of carbonyl (C=O) groups excluding carboxylic acids is 1. The van der Waals surface area contributed by atoms with Crippen LogP contribution in [0.4, 0.5) is 8.78 Å². The molecule has 0 spiro atoms. The lowest BCUT2D eigenvalue weighted by Gasteiger charge is -2.14. The van der Waals surface area contributed by atoms with Crippen LogP contribution < -0.4 is 10.6 Å². The fourth-order valence-corrected chi connectivity index (χ4v) is 1.83. The highest BCUT2D eigenvalue weighted by molar-refractivity contribution is 5.76. The molecule has 1 aliphatic rings. The molecule has 1 unspecified atom stereocenters. The van der Waals surface area contributed by atoms with Gasteiger partial charge in [0.25, 0.3) is 0 Å². The molecule has 5 heteroatoms. The van der Waals surface area contributed by atoms with Gasteiger partial charge in [0.15, 0.2) is 11.6 Å². The molecule has 1 aromatic rings. The van der Waals surface area contributed by atoms with E-state index in [0.717, 1.165) is 18.9 Å². The Labute approximate surface area is 111 Å². The number of amides is 1. The molecule has 0 heterocycles. The van der Waals surface area contributed by atoms with Crippen LogP contribution in [0.3, 0.4) is 0 Å². The minimum absolute atomic E-state index is 0.0347. The van der Waals surface area contributed by atoms with E-state index in [-0.39, 0.29) is 11.9 Å². The van der Waals surface area contributed by atoms with Gasteiger partial charge in [0.1, 0.15) is 0 Å². The largest absolute Gasteiger partial charge is 0.353 e. The molecule has 0 radical (unpaired) electrons. The van der Waals surface area contributed by atoms with Gasteiger partial charge in [-0.05, 0) is 37.5 Å². The summed E-state index contributed by atoms with van der Waals surface area (Å²) in [5.74, 6) is -1.66. The fourth-order valence-electron chi connectivity index (χ4n) is 1.83. The molecule has 2 N–H and O–H groups in total. The molecule has 0 aliphatic heterocycles. The molecule has 3 nitrogen and oxygen atoms in total. The molecule has 1 fully saturated rings. The molecule has 0 saturated heterocycles. The highest BCUT2D eigenvalue weighted by atomic mass is 19.2. The maximum absolute atomic E-state index is 13.1. The van der Waals surface area contributed by atoms with Crippen LogP contribution in [0.25, 0.3) is 0 Å². The van der Waals surface area contributed by atoms with E-state index in [1.807, 2.05) is 6.92 Å². The van der Waals surface area contributed by atoms with Gasteiger partial charge >= 0.3 is 0 Å². The van der Waals surface area contributed by atoms with Crippen molar-refractivity contribution in [3.8, 4) is 0 Å². The van der Waals surface area contributed by atoms with Crippen LogP contribution in [0.15, 0.2) is 18.2 Å². The lowest BCUT2D eigenvalue weighted by Crippen LogP contribution is -2.30. The van der Waals surface area contributed by atoms with Crippen LogP contribution in [-0.2, 0) is 4.79 Å². The number of carbonyl (C=O) groups is 1. The Bertz CT molecular complexity index is 461. The molecule has 2 rings (SSSR count). The van der Waals surface area contributed by atoms with Crippen LogP contribution >= 0.6 is 0 Å². The fraction of sp³-hybridized carbons (Fsp3) is 0.500. The molecular formula is C14H18F2N2O. The minimum Gasteiger partial charge on any atom is -0.353 e. The third-order valence-electron chi connectivity index (χ3n) is 3.19. The van der Waals surface area contributed by atoms with Crippen molar-refractivity contribution in [2.75, 3.05) is 6.54 Å². The Balaban J connectivity index is 1.75. The Morgan fingerprint density at radius 1 is 1.37 bits per heavy atom. The van der Waals surface area contributed by atoms with Crippen molar-refractivity contribution in [2.24, 2.45) is 0 Å². The summed E-state index contributed by atoms with van der Waals surface area (Å²) >= 11 is 0. The standard InChI is InChI=1S/C14H18F2N2O/c1-9(10-2-5-12(15)13(16)8-10)17-7-6-14(19)18-11-3-4-11/h2,5,8-9,11,17H,3-4,6-7H2,1H3,(H,18,19). The van der Waals surface area contributed by atoms with Gasteiger partial charge in [-0.1, -0.05) is 6.07 Å². The Morgan fingerprint density at radius 2 is 2.11 bits per heavy atom. The third-order valence-corrected chi connectivity index (χ3v) is 3.19. The molecule has 1 amide bonds. The van der Waals surface area contributed by atoms with Gasteiger partial charge in [0.05, 0.1) is 0 Å². The average molecular weight is 268 g/mol. The third kappa shape index (κ3) is 4.28. The van der Waals surface area contributed by atoms with Crippen LogP contribution in [0.1, 0.15) is 37.8 Å². The molecular weight excluding hydrogens is 250 g/mol. The van der Waals surface area contributed by atoms with E-state index < -0.39 is 11.6 Å². The first-order chi connectivity index (χ1) is 9.06. The number of hydrogen-bond donors (Lipinski definition) is 2. The first-order valence-corrected chi connectivity index (χ1v) is 6.54. The summed E-state index contributed by atoms with van der Waals surface area (Å²) in [5, 5.41) is 6.02. The van der Waals surface area contributed by atoms with Gasteiger partial charge < -0.3 is 10.6 Å². The second-order valence-corrected chi connectivity index (χ2v) is 4.94. The summed E-state index contributed by atoms with van der Waals surface area (Å²) < 4.78 is 25.9. The minimum atomic E-state index is -0.849. The number of hydrogen-bond acceptors (Lipinski definition) is 2. The lowest BCUT2D eigenvalue weighted by atomic mass is 10.1. The predicted molar refractivity (Wildman–Crippen MR) is 68.6 cm³/mol. The predicted octanol–water partition coefficient (Wildman–Crippen LogP) is 2.28. The molecule has 1 aromatic carbocycles. The lowest BCUT2D eigenvalue weighted by molar-refractivity contribution is -0.121. The second kappa shape index (κ2) is 6.10. The van der Waals surface area contributed by atoms with Crippen molar-refractivity contribution in [3.05, 3.63) is 35.4 Å². The van der Waals surface area contributed by atoms with Crippen molar-refractivity contribution < 1.29 is 13.6 Å². The molecule has 1 aliphatic carbocycles. The number of benzene rings is 1. The van der Waals surface area contributed by atoms with E-state index in [1.165, 1.54) is 6.07 Å². The monoisotopic (exact) mass is 268 g/mol. The summed E-state index contributed by atoms with van der Waals surface area (Å²) in [6, 6.07) is 4.08. The molecule has 1 saturated carbocycles. The second-order valence-electron chi connectivity index (χ2n) is 4.94. The van der Waals surface area contributed by atoms with Crippen molar-refractivity contribution in [3.63, 3.8) is 0 Å². The van der Waals surface area contributed by atoms with Crippen LogP contribution in [0, 0.1) is 11.6 Å². The van der Waals surface area contributed by atoms with Gasteiger partial charge in [-0.3, -0.25) is 4.79 Å². The normalized spacial score (nSPS) is 16.2. The van der Waals surface area contributed by atoms with Crippen molar-refractivity contribution in [2.45, 2.75) is 38.3 Å².